The van der Waals surface area contributed by atoms with Crippen molar-refractivity contribution in [2.24, 2.45) is 5.41 Å². The van der Waals surface area contributed by atoms with Crippen LogP contribution in [-0.4, -0.2) is 60.2 Å². The monoisotopic (exact) mass is 356 g/mol. The first-order valence-electron chi connectivity index (χ1n) is 9.05. The molecule has 2 aliphatic rings. The summed E-state index contributed by atoms with van der Waals surface area (Å²) in [6.07, 6.45) is 9.65. The van der Waals surface area contributed by atoms with Crippen molar-refractivity contribution < 1.29 is 13.9 Å². The second-order valence-electron chi connectivity index (χ2n) is 7.29. The number of furan rings is 1. The number of aromatic nitrogens is 2. The fraction of sp³-hybridized carbons (Fsp3) is 0.526. The number of carbonyl (C=O) groups is 1. The van der Waals surface area contributed by atoms with Gasteiger partial charge in [-0.05, 0) is 36.8 Å². The zero-order chi connectivity index (χ0) is 18.0. The Morgan fingerprint density at radius 3 is 2.77 bits per heavy atom. The Bertz CT molecular complexity index is 727. The molecule has 2 saturated heterocycles. The number of hydrogen-bond donors (Lipinski definition) is 0. The third-order valence-corrected chi connectivity index (χ3v) is 5.66. The van der Waals surface area contributed by atoms with Crippen molar-refractivity contribution in [3.8, 4) is 0 Å². The summed E-state index contributed by atoms with van der Waals surface area (Å²) < 4.78 is 10.5. The quantitative estimate of drug-likeness (QED) is 0.836. The fourth-order valence-electron chi connectivity index (χ4n) is 4.29. The maximum absolute atomic E-state index is 12.5. The van der Waals surface area contributed by atoms with Crippen LogP contribution in [0, 0.1) is 5.41 Å². The molecule has 0 bridgehead atoms. The van der Waals surface area contributed by atoms with E-state index in [1.807, 2.05) is 11.0 Å². The van der Waals surface area contributed by atoms with E-state index in [1.54, 1.807) is 31.8 Å². The molecule has 2 aromatic rings. The summed E-state index contributed by atoms with van der Waals surface area (Å²) >= 11 is 0. The molecule has 0 aromatic carbocycles. The molecule has 26 heavy (non-hydrogen) atoms. The van der Waals surface area contributed by atoms with Crippen LogP contribution in [0.15, 0.2) is 41.5 Å². The third kappa shape index (κ3) is 3.19. The second-order valence-corrected chi connectivity index (χ2v) is 7.29. The van der Waals surface area contributed by atoms with E-state index in [2.05, 4.69) is 14.9 Å². The number of piperidine rings is 1. The summed E-state index contributed by atoms with van der Waals surface area (Å²) in [6, 6.07) is 3.84. The van der Waals surface area contributed by atoms with E-state index in [0.29, 0.717) is 12.2 Å². The average Bonchev–Trinajstić information content (AvgIpc) is 3.32. The summed E-state index contributed by atoms with van der Waals surface area (Å²) in [4.78, 5) is 25.6. The highest BCUT2D eigenvalue weighted by Crippen LogP contribution is 2.44. The number of ether oxygens (including phenoxy) is 1. The number of nitrogens with zero attached hydrogens (tertiary/aromatic N) is 4. The van der Waals surface area contributed by atoms with Gasteiger partial charge in [-0.3, -0.25) is 4.79 Å². The zero-order valence-corrected chi connectivity index (χ0v) is 15.0. The Morgan fingerprint density at radius 2 is 2.12 bits per heavy atom. The van der Waals surface area contributed by atoms with Crippen molar-refractivity contribution in [2.45, 2.75) is 25.3 Å². The highest BCUT2D eigenvalue weighted by Gasteiger charge is 2.46. The second kappa shape index (κ2) is 7.07. The summed E-state index contributed by atoms with van der Waals surface area (Å²) in [6.45, 7) is 3.12. The van der Waals surface area contributed by atoms with Gasteiger partial charge in [0.1, 0.15) is 6.26 Å². The minimum Gasteiger partial charge on any atom is -0.472 e. The van der Waals surface area contributed by atoms with Gasteiger partial charge < -0.3 is 19.0 Å². The number of likely N-dealkylation sites (tertiary alicyclic amines) is 1. The molecule has 0 unspecified atom stereocenters. The molecule has 7 nitrogen and oxygen atoms in total. The lowest BCUT2D eigenvalue weighted by Crippen LogP contribution is -2.44. The molecule has 1 amide bonds. The maximum Gasteiger partial charge on any atom is 0.257 e. The van der Waals surface area contributed by atoms with Crippen molar-refractivity contribution in [3.05, 3.63) is 42.6 Å². The lowest BCUT2D eigenvalue weighted by Gasteiger charge is -2.39. The summed E-state index contributed by atoms with van der Waals surface area (Å²) in [5.41, 5.74) is 0.819. The Morgan fingerprint density at radius 1 is 1.35 bits per heavy atom. The minimum atomic E-state index is 0.0586. The molecular formula is C19H24N4O3. The van der Waals surface area contributed by atoms with Gasteiger partial charge in [-0.25, -0.2) is 9.97 Å². The molecule has 2 aromatic heterocycles. The van der Waals surface area contributed by atoms with Crippen LogP contribution >= 0.6 is 0 Å². The molecule has 0 saturated carbocycles. The number of carbonyl (C=O) groups excluding carboxylic acids is 1. The largest absolute Gasteiger partial charge is 0.472 e. The van der Waals surface area contributed by atoms with Gasteiger partial charge in [0.15, 0.2) is 0 Å². The Kier molecular flexibility index (Phi) is 4.63. The Hall–Kier alpha value is -2.41. The molecular weight excluding hydrogens is 332 g/mol. The van der Waals surface area contributed by atoms with E-state index < -0.39 is 0 Å². The van der Waals surface area contributed by atoms with E-state index in [4.69, 9.17) is 9.15 Å². The molecule has 2 aliphatic heterocycles. The third-order valence-electron chi connectivity index (χ3n) is 5.66. The summed E-state index contributed by atoms with van der Waals surface area (Å²) in [5.74, 6) is 0.826. The molecule has 0 N–H and O–H groups in total. The molecule has 1 spiro atoms. The minimum absolute atomic E-state index is 0.0586. The molecule has 0 radical (unpaired) electrons. The van der Waals surface area contributed by atoms with E-state index in [0.717, 1.165) is 44.8 Å². The zero-order valence-electron chi connectivity index (χ0n) is 15.0. The maximum atomic E-state index is 12.5. The standard InChI is InChI=1S/C19H24N4O3/c1-25-13-16-11-19(14-23(16)18-20-6-2-7-21-18)4-8-22(9-5-19)17(24)15-3-10-26-12-15/h2-3,6-7,10,12,16H,4-5,8-9,11,13-14H2,1H3/t16-/m1/s1. The van der Waals surface area contributed by atoms with Gasteiger partial charge in [0.25, 0.3) is 5.91 Å². The topological polar surface area (TPSA) is 71.7 Å². The highest BCUT2D eigenvalue weighted by atomic mass is 16.5. The number of rotatable bonds is 4. The van der Waals surface area contributed by atoms with Crippen LogP contribution in [-0.2, 0) is 4.74 Å². The molecule has 0 aliphatic carbocycles. The van der Waals surface area contributed by atoms with E-state index in [-0.39, 0.29) is 17.4 Å². The average molecular weight is 356 g/mol. The van der Waals surface area contributed by atoms with Crippen LogP contribution in [0.1, 0.15) is 29.6 Å². The van der Waals surface area contributed by atoms with Crippen LogP contribution in [0.4, 0.5) is 5.95 Å². The lowest BCUT2D eigenvalue weighted by atomic mass is 9.76. The first kappa shape index (κ1) is 17.0. The number of anilines is 1. The van der Waals surface area contributed by atoms with Crippen LogP contribution < -0.4 is 4.90 Å². The van der Waals surface area contributed by atoms with Crippen LogP contribution in [0.5, 0.6) is 0 Å². The normalized spacial score (nSPS) is 22.1. The van der Waals surface area contributed by atoms with Crippen molar-refractivity contribution in [1.82, 2.24) is 14.9 Å². The van der Waals surface area contributed by atoms with Crippen molar-refractivity contribution >= 4 is 11.9 Å². The van der Waals surface area contributed by atoms with Gasteiger partial charge in [-0.1, -0.05) is 0 Å². The van der Waals surface area contributed by atoms with Gasteiger partial charge in [0.2, 0.25) is 5.95 Å². The van der Waals surface area contributed by atoms with E-state index in [9.17, 15) is 4.79 Å². The molecule has 1 atom stereocenters. The number of methoxy groups -OCH3 is 1. The van der Waals surface area contributed by atoms with Gasteiger partial charge >= 0.3 is 0 Å². The van der Waals surface area contributed by atoms with Gasteiger partial charge in [0, 0.05) is 39.1 Å². The first-order chi connectivity index (χ1) is 12.7. The fourth-order valence-corrected chi connectivity index (χ4v) is 4.29. The number of hydrogen-bond acceptors (Lipinski definition) is 6. The molecule has 7 heteroatoms. The van der Waals surface area contributed by atoms with Gasteiger partial charge in [-0.15, -0.1) is 0 Å². The Balaban J connectivity index is 1.46. The SMILES string of the molecule is COC[C@H]1CC2(CCN(C(=O)c3ccoc3)CC2)CN1c1ncccn1. The summed E-state index contributed by atoms with van der Waals surface area (Å²) in [5, 5.41) is 0. The van der Waals surface area contributed by atoms with Gasteiger partial charge in [-0.2, -0.15) is 0 Å². The molecule has 2 fully saturated rings. The van der Waals surface area contributed by atoms with E-state index >= 15 is 0 Å². The first-order valence-corrected chi connectivity index (χ1v) is 9.05. The van der Waals surface area contributed by atoms with Crippen LogP contribution in [0.3, 0.4) is 0 Å². The van der Waals surface area contributed by atoms with Gasteiger partial charge in [0.05, 0.1) is 24.5 Å². The lowest BCUT2D eigenvalue weighted by molar-refractivity contribution is 0.0598. The van der Waals surface area contributed by atoms with Crippen molar-refractivity contribution in [2.75, 3.05) is 38.3 Å². The predicted octanol–water partition coefficient (Wildman–Crippen LogP) is 2.22. The molecule has 4 heterocycles. The molecule has 138 valence electrons. The predicted molar refractivity (Wildman–Crippen MR) is 95.9 cm³/mol. The summed E-state index contributed by atoms with van der Waals surface area (Å²) in [7, 11) is 1.74. The molecule has 4 rings (SSSR count). The smallest absolute Gasteiger partial charge is 0.257 e. The highest BCUT2D eigenvalue weighted by molar-refractivity contribution is 5.93. The number of amides is 1. The van der Waals surface area contributed by atoms with Crippen LogP contribution in [0.25, 0.3) is 0 Å². The van der Waals surface area contributed by atoms with Crippen molar-refractivity contribution in [3.63, 3.8) is 0 Å². The van der Waals surface area contributed by atoms with Crippen LogP contribution in [0.2, 0.25) is 0 Å². The Labute approximate surface area is 153 Å². The van der Waals surface area contributed by atoms with E-state index in [1.165, 1.54) is 6.26 Å². The van der Waals surface area contributed by atoms with Crippen molar-refractivity contribution in [1.29, 1.82) is 0 Å².